The smallest absolute Gasteiger partial charge is 0.200 e. The molecule has 0 aromatic heterocycles. The lowest BCUT2D eigenvalue weighted by Crippen LogP contribution is -2.60. The summed E-state index contributed by atoms with van der Waals surface area (Å²) >= 11 is 5.01. The van der Waals surface area contributed by atoms with Crippen molar-refractivity contribution >= 4 is 19.9 Å². The molecule has 0 spiro atoms. The van der Waals surface area contributed by atoms with Gasteiger partial charge in [-0.1, -0.05) is 0 Å². The van der Waals surface area contributed by atoms with Gasteiger partial charge in [0, 0.05) is 6.42 Å². The molecule has 0 N–H and O–H groups in total. The molecule has 0 aromatic carbocycles. The third-order valence-corrected chi connectivity index (χ3v) is 3.26. The zero-order valence-electron chi connectivity index (χ0n) is 7.90. The van der Waals surface area contributed by atoms with Crippen molar-refractivity contribution in [2.45, 2.75) is 36.4 Å². The topological polar surface area (TPSA) is 0 Å². The van der Waals surface area contributed by atoms with Crippen LogP contribution in [0.1, 0.15) is 6.42 Å². The second kappa shape index (κ2) is 4.86. The lowest BCUT2D eigenvalue weighted by Gasteiger charge is -2.33. The van der Waals surface area contributed by atoms with Gasteiger partial charge in [0.15, 0.2) is 0 Å². The molecule has 0 aromatic rings. The molecule has 17 heavy (non-hydrogen) atoms. The van der Waals surface area contributed by atoms with Crippen molar-refractivity contribution in [3.8, 4) is 0 Å². The van der Waals surface area contributed by atoms with Crippen LogP contribution in [-0.4, -0.2) is 32.8 Å². The van der Waals surface area contributed by atoms with E-state index in [1.165, 1.54) is 0 Å². The normalized spacial score (nSPS) is 15.9. The van der Waals surface area contributed by atoms with Crippen molar-refractivity contribution in [1.82, 2.24) is 0 Å². The molecule has 0 saturated carbocycles. The van der Waals surface area contributed by atoms with Crippen molar-refractivity contribution < 1.29 is 39.5 Å². The van der Waals surface area contributed by atoms with E-state index in [-0.39, 0.29) is 0 Å². The van der Waals surface area contributed by atoms with Crippen LogP contribution in [0, 0.1) is 0 Å². The van der Waals surface area contributed by atoms with E-state index in [9.17, 15) is 39.5 Å². The first kappa shape index (κ1) is 16.9. The fourth-order valence-corrected chi connectivity index (χ4v) is 1.83. The van der Waals surface area contributed by atoms with Crippen LogP contribution in [0.15, 0.2) is 0 Å². The molecule has 0 amide bonds. The Morgan fingerprint density at radius 3 is 1.47 bits per heavy atom. The minimum absolute atomic E-state index is 0.682. The second-order valence-corrected chi connectivity index (χ2v) is 5.36. The summed E-state index contributed by atoms with van der Waals surface area (Å²) in [6.07, 6.45) is -8.56. The largest absolute Gasteiger partial charge is 0.460 e. The molecule has 0 rings (SSSR count). The van der Waals surface area contributed by atoms with Gasteiger partial charge in [0.1, 0.15) is 8.83 Å². The highest BCUT2D eigenvalue weighted by atomic mass is 35.6. The molecular weight excluding hydrogens is 307 g/mol. The molecule has 0 saturated heterocycles. The number of hydrogen-bond donors (Lipinski definition) is 0. The van der Waals surface area contributed by atoms with Gasteiger partial charge in [0.25, 0.3) is 0 Å². The molecule has 0 aliphatic rings. The minimum atomic E-state index is -6.79. The Morgan fingerprint density at radius 2 is 1.18 bits per heavy atom. The van der Waals surface area contributed by atoms with E-state index in [4.69, 9.17) is 11.1 Å². The quantitative estimate of drug-likeness (QED) is 0.413. The predicted molar refractivity (Wildman–Crippen MR) is 44.7 cm³/mol. The third-order valence-electron chi connectivity index (χ3n) is 1.83. The molecule has 0 fully saturated rings. The fourth-order valence-electron chi connectivity index (χ4n) is 0.854. The van der Waals surface area contributed by atoms with E-state index in [1.54, 1.807) is 0 Å². The third kappa shape index (κ3) is 3.01. The summed E-state index contributed by atoms with van der Waals surface area (Å²) in [5.74, 6) is -18.8. The van der Waals surface area contributed by atoms with E-state index in [0.29, 0.717) is 0 Å². The summed E-state index contributed by atoms with van der Waals surface area (Å²) in [5.41, 5.74) is 0. The van der Waals surface area contributed by atoms with Gasteiger partial charge in [-0.15, -0.1) is 0 Å². The van der Waals surface area contributed by atoms with Crippen LogP contribution in [0.25, 0.3) is 0 Å². The molecule has 0 atom stereocenters. The van der Waals surface area contributed by atoms with Crippen LogP contribution in [-0.2, 0) is 0 Å². The van der Waals surface area contributed by atoms with E-state index in [1.807, 2.05) is 0 Å². The fraction of sp³-hybridized carbons (Fsp3) is 1.00. The summed E-state index contributed by atoms with van der Waals surface area (Å²) in [5, 5.41) is 0. The molecule has 0 nitrogen and oxygen atoms in total. The highest BCUT2D eigenvalue weighted by molar-refractivity contribution is 6.93. The highest BCUT2D eigenvalue weighted by Crippen LogP contribution is 2.54. The Morgan fingerprint density at radius 1 is 0.765 bits per heavy atom. The van der Waals surface area contributed by atoms with Crippen molar-refractivity contribution in [2.75, 3.05) is 0 Å². The molecular formula is C6H6ClF9Si. The van der Waals surface area contributed by atoms with E-state index >= 15 is 0 Å². The average molecular weight is 313 g/mol. The van der Waals surface area contributed by atoms with Crippen LogP contribution < -0.4 is 0 Å². The zero-order valence-corrected chi connectivity index (χ0v) is 10.1. The molecule has 0 unspecified atom stereocenters. The zero-order chi connectivity index (χ0) is 14.1. The van der Waals surface area contributed by atoms with E-state index < -0.39 is 45.2 Å². The predicted octanol–water partition coefficient (Wildman–Crippen LogP) is 3.59. The Labute approximate surface area is 96.6 Å². The number of alkyl halides is 9. The molecule has 104 valence electrons. The molecule has 0 radical (unpaired) electrons. The van der Waals surface area contributed by atoms with Gasteiger partial charge in [-0.05, 0) is 6.04 Å². The average Bonchev–Trinajstić information content (AvgIpc) is 2.12. The summed E-state index contributed by atoms with van der Waals surface area (Å²) in [4.78, 5) is 0. The first-order valence-corrected chi connectivity index (χ1v) is 7.21. The molecule has 0 bridgehead atoms. The maximum absolute atomic E-state index is 12.6. The maximum Gasteiger partial charge on any atom is 0.460 e. The van der Waals surface area contributed by atoms with Gasteiger partial charge in [-0.3, -0.25) is 0 Å². The lowest BCUT2D eigenvalue weighted by atomic mass is 10.0. The highest BCUT2D eigenvalue weighted by Gasteiger charge is 2.81. The molecule has 0 aliphatic carbocycles. The van der Waals surface area contributed by atoms with Gasteiger partial charge in [-0.2, -0.15) is 50.6 Å². The van der Waals surface area contributed by atoms with Crippen LogP contribution >= 0.6 is 11.1 Å². The minimum Gasteiger partial charge on any atom is -0.200 e. The second-order valence-electron chi connectivity index (χ2n) is 3.14. The van der Waals surface area contributed by atoms with Crippen molar-refractivity contribution in [3.63, 3.8) is 0 Å². The molecule has 0 aliphatic heterocycles. The summed E-state index contributed by atoms with van der Waals surface area (Å²) in [6, 6.07) is -0.682. The SMILES string of the molecule is FC(F)(F)C(F)(F)C(F)(F)C(F)(F)CC[SiH2]Cl. The number of rotatable bonds is 5. The van der Waals surface area contributed by atoms with Gasteiger partial charge >= 0.3 is 23.9 Å². The van der Waals surface area contributed by atoms with Crippen LogP contribution in [0.5, 0.6) is 0 Å². The van der Waals surface area contributed by atoms with Gasteiger partial charge in [-0.25, -0.2) is 0 Å². The van der Waals surface area contributed by atoms with Crippen LogP contribution in [0.2, 0.25) is 6.04 Å². The Kier molecular flexibility index (Phi) is 4.83. The number of hydrogen-bond acceptors (Lipinski definition) is 0. The first-order valence-electron chi connectivity index (χ1n) is 4.07. The Bertz CT molecular complexity index is 261. The van der Waals surface area contributed by atoms with Crippen LogP contribution in [0.3, 0.4) is 0 Å². The van der Waals surface area contributed by atoms with Crippen molar-refractivity contribution in [3.05, 3.63) is 0 Å². The summed E-state index contributed by atoms with van der Waals surface area (Å²) < 4.78 is 110. The Hall–Kier alpha value is -0.123. The first-order chi connectivity index (χ1) is 7.31. The van der Waals surface area contributed by atoms with E-state index in [2.05, 4.69) is 0 Å². The Balaban J connectivity index is 5.24. The van der Waals surface area contributed by atoms with Crippen LogP contribution in [0.4, 0.5) is 39.5 Å². The van der Waals surface area contributed by atoms with Crippen molar-refractivity contribution in [2.24, 2.45) is 0 Å². The summed E-state index contributed by atoms with van der Waals surface area (Å²) in [6.45, 7) is 0. The number of halogens is 10. The monoisotopic (exact) mass is 312 g/mol. The standard InChI is InChI=1S/C6H6ClF9Si/c7-17-2-1-3(8,9)4(10,11)5(12,13)6(14,15)16/h1-2,17H2. The van der Waals surface area contributed by atoms with Gasteiger partial charge in [0.2, 0.25) is 0 Å². The molecule has 0 heterocycles. The van der Waals surface area contributed by atoms with Gasteiger partial charge in [0.05, 0.1) is 0 Å². The van der Waals surface area contributed by atoms with Crippen molar-refractivity contribution in [1.29, 1.82) is 0 Å². The summed E-state index contributed by atoms with van der Waals surface area (Å²) in [7, 11) is -1.67. The molecule has 11 heteroatoms. The van der Waals surface area contributed by atoms with E-state index in [0.717, 1.165) is 0 Å². The maximum atomic E-state index is 12.6. The van der Waals surface area contributed by atoms with Gasteiger partial charge < -0.3 is 0 Å². The lowest BCUT2D eigenvalue weighted by molar-refractivity contribution is -0.396.